The Kier molecular flexibility index (Phi) is 3.40. The lowest BCUT2D eigenvalue weighted by Gasteiger charge is -2.03. The average molecular weight is 229 g/mol. The summed E-state index contributed by atoms with van der Waals surface area (Å²) >= 11 is 0. The molecule has 0 aliphatic carbocycles. The quantitative estimate of drug-likeness (QED) is 0.747. The molecule has 0 radical (unpaired) electrons. The fourth-order valence-electron chi connectivity index (χ4n) is 1.21. The van der Waals surface area contributed by atoms with Crippen molar-refractivity contribution in [3.05, 3.63) is 53.6 Å². The van der Waals surface area contributed by atoms with Crippen LogP contribution < -0.4 is 0 Å². The molecule has 0 saturated carbocycles. The third-order valence-electron chi connectivity index (χ3n) is 2.07. The molecule has 5 nitrogen and oxygen atoms in total. The number of esters is 1. The van der Waals surface area contributed by atoms with E-state index in [-0.39, 0.29) is 12.4 Å². The Bertz CT molecular complexity index is 497. The lowest BCUT2D eigenvalue weighted by Crippen LogP contribution is -2.11. The zero-order chi connectivity index (χ0) is 12.1. The standard InChI is InChI=1S/C12H11N3O2/c1-9-7-13-11(15-14-9)12(16)17-8-10-5-3-2-4-6-10/h2-7H,8H2,1H3. The van der Waals surface area contributed by atoms with E-state index in [0.717, 1.165) is 5.56 Å². The average Bonchev–Trinajstić information content (AvgIpc) is 2.38. The SMILES string of the molecule is Cc1cnc(C(=O)OCc2ccccc2)nn1. The number of carbonyl (C=O) groups excluding carboxylic acids is 1. The van der Waals surface area contributed by atoms with E-state index in [9.17, 15) is 4.79 Å². The highest BCUT2D eigenvalue weighted by molar-refractivity contribution is 5.84. The highest BCUT2D eigenvalue weighted by Gasteiger charge is 2.10. The molecular formula is C12H11N3O2. The second-order valence-electron chi connectivity index (χ2n) is 3.48. The number of nitrogens with zero attached hydrogens (tertiary/aromatic N) is 3. The number of carbonyl (C=O) groups is 1. The predicted octanol–water partition coefficient (Wildman–Crippen LogP) is 1.54. The minimum absolute atomic E-state index is 0.0217. The van der Waals surface area contributed by atoms with Crippen molar-refractivity contribution in [3.8, 4) is 0 Å². The molecule has 86 valence electrons. The molecule has 1 aromatic carbocycles. The van der Waals surface area contributed by atoms with Gasteiger partial charge in [0.15, 0.2) is 0 Å². The summed E-state index contributed by atoms with van der Waals surface area (Å²) in [6, 6.07) is 9.42. The number of aryl methyl sites for hydroxylation is 1. The number of hydrogen-bond donors (Lipinski definition) is 0. The summed E-state index contributed by atoms with van der Waals surface area (Å²) in [6.07, 6.45) is 1.48. The predicted molar refractivity (Wildman–Crippen MR) is 60.1 cm³/mol. The van der Waals surface area contributed by atoms with Crippen LogP contribution in [0.4, 0.5) is 0 Å². The van der Waals surface area contributed by atoms with Gasteiger partial charge in [-0.05, 0) is 12.5 Å². The molecule has 0 N–H and O–H groups in total. The zero-order valence-corrected chi connectivity index (χ0v) is 9.33. The fourth-order valence-corrected chi connectivity index (χ4v) is 1.21. The van der Waals surface area contributed by atoms with Crippen molar-refractivity contribution in [3.63, 3.8) is 0 Å². The lowest BCUT2D eigenvalue weighted by molar-refractivity contribution is 0.0456. The molecule has 0 bridgehead atoms. The van der Waals surface area contributed by atoms with Gasteiger partial charge in [-0.15, -0.1) is 5.10 Å². The molecule has 0 saturated heterocycles. The first-order valence-corrected chi connectivity index (χ1v) is 5.13. The maximum atomic E-state index is 11.5. The molecule has 2 rings (SSSR count). The molecule has 0 unspecified atom stereocenters. The van der Waals surface area contributed by atoms with Crippen LogP contribution in [0.15, 0.2) is 36.5 Å². The van der Waals surface area contributed by atoms with Gasteiger partial charge in [0, 0.05) is 0 Å². The topological polar surface area (TPSA) is 65.0 Å². The summed E-state index contributed by atoms with van der Waals surface area (Å²) in [6.45, 7) is 1.95. The van der Waals surface area contributed by atoms with E-state index in [1.807, 2.05) is 30.3 Å². The van der Waals surface area contributed by atoms with Crippen LogP contribution in [0.2, 0.25) is 0 Å². The van der Waals surface area contributed by atoms with Gasteiger partial charge in [0.2, 0.25) is 0 Å². The van der Waals surface area contributed by atoms with E-state index in [1.165, 1.54) is 6.20 Å². The number of hydrogen-bond acceptors (Lipinski definition) is 5. The highest BCUT2D eigenvalue weighted by atomic mass is 16.5. The monoisotopic (exact) mass is 229 g/mol. The van der Waals surface area contributed by atoms with Crippen molar-refractivity contribution in [2.75, 3.05) is 0 Å². The van der Waals surface area contributed by atoms with Crippen LogP contribution in [-0.2, 0) is 11.3 Å². The molecule has 1 heterocycles. The maximum absolute atomic E-state index is 11.5. The second-order valence-corrected chi connectivity index (χ2v) is 3.48. The van der Waals surface area contributed by atoms with Crippen molar-refractivity contribution in [2.45, 2.75) is 13.5 Å². The Morgan fingerprint density at radius 2 is 2.00 bits per heavy atom. The van der Waals surface area contributed by atoms with Crippen molar-refractivity contribution in [1.82, 2.24) is 15.2 Å². The van der Waals surface area contributed by atoms with Crippen molar-refractivity contribution in [1.29, 1.82) is 0 Å². The third kappa shape index (κ3) is 3.07. The molecule has 2 aromatic rings. The zero-order valence-electron chi connectivity index (χ0n) is 9.33. The van der Waals surface area contributed by atoms with Gasteiger partial charge in [0.1, 0.15) is 6.61 Å². The van der Waals surface area contributed by atoms with E-state index in [0.29, 0.717) is 5.69 Å². The summed E-state index contributed by atoms with van der Waals surface area (Å²) in [4.78, 5) is 15.4. The number of ether oxygens (including phenoxy) is 1. The minimum atomic E-state index is -0.568. The highest BCUT2D eigenvalue weighted by Crippen LogP contribution is 2.02. The van der Waals surface area contributed by atoms with Gasteiger partial charge in [-0.25, -0.2) is 9.78 Å². The Morgan fingerprint density at radius 1 is 1.24 bits per heavy atom. The molecular weight excluding hydrogens is 218 g/mol. The fraction of sp³-hybridized carbons (Fsp3) is 0.167. The first-order chi connectivity index (χ1) is 8.25. The van der Waals surface area contributed by atoms with Gasteiger partial charge >= 0.3 is 5.97 Å². The molecule has 0 amide bonds. The van der Waals surface area contributed by atoms with Crippen molar-refractivity contribution < 1.29 is 9.53 Å². The Balaban J connectivity index is 1.96. The van der Waals surface area contributed by atoms with Gasteiger partial charge < -0.3 is 4.74 Å². The summed E-state index contributed by atoms with van der Waals surface area (Å²) in [5.41, 5.74) is 1.57. The third-order valence-corrected chi connectivity index (χ3v) is 2.07. The van der Waals surface area contributed by atoms with E-state index in [2.05, 4.69) is 15.2 Å². The first kappa shape index (κ1) is 11.2. The molecule has 0 spiro atoms. The lowest BCUT2D eigenvalue weighted by atomic mass is 10.2. The van der Waals surface area contributed by atoms with Gasteiger partial charge in [-0.3, -0.25) is 0 Å². The summed E-state index contributed by atoms with van der Waals surface area (Å²) in [5, 5.41) is 7.40. The maximum Gasteiger partial charge on any atom is 0.378 e. The van der Waals surface area contributed by atoms with Crippen LogP contribution in [0.25, 0.3) is 0 Å². The van der Waals surface area contributed by atoms with Crippen molar-refractivity contribution >= 4 is 5.97 Å². The van der Waals surface area contributed by atoms with Gasteiger partial charge in [0.25, 0.3) is 5.82 Å². The van der Waals surface area contributed by atoms with Gasteiger partial charge in [-0.1, -0.05) is 30.3 Å². The van der Waals surface area contributed by atoms with Crippen LogP contribution in [0.5, 0.6) is 0 Å². The van der Waals surface area contributed by atoms with E-state index in [1.54, 1.807) is 6.92 Å². The first-order valence-electron chi connectivity index (χ1n) is 5.13. The molecule has 0 aliphatic heterocycles. The van der Waals surface area contributed by atoms with Gasteiger partial charge in [-0.2, -0.15) is 5.10 Å². The smallest absolute Gasteiger partial charge is 0.378 e. The molecule has 0 atom stereocenters. The Labute approximate surface area is 98.5 Å². The molecule has 0 fully saturated rings. The molecule has 1 aromatic heterocycles. The van der Waals surface area contributed by atoms with Crippen molar-refractivity contribution in [2.24, 2.45) is 0 Å². The largest absolute Gasteiger partial charge is 0.455 e. The van der Waals surface area contributed by atoms with E-state index >= 15 is 0 Å². The number of benzene rings is 1. The van der Waals surface area contributed by atoms with Crippen LogP contribution in [0.3, 0.4) is 0 Å². The Hall–Kier alpha value is -2.30. The molecule has 0 aliphatic rings. The normalized spacial score (nSPS) is 9.94. The number of rotatable bonds is 3. The van der Waals surface area contributed by atoms with Crippen LogP contribution >= 0.6 is 0 Å². The van der Waals surface area contributed by atoms with E-state index in [4.69, 9.17) is 4.74 Å². The molecule has 5 heteroatoms. The summed E-state index contributed by atoms with van der Waals surface area (Å²) < 4.78 is 5.05. The summed E-state index contributed by atoms with van der Waals surface area (Å²) in [7, 11) is 0. The van der Waals surface area contributed by atoms with Crippen LogP contribution in [0, 0.1) is 6.92 Å². The minimum Gasteiger partial charge on any atom is -0.455 e. The Morgan fingerprint density at radius 3 is 2.65 bits per heavy atom. The second kappa shape index (κ2) is 5.16. The molecule has 17 heavy (non-hydrogen) atoms. The van der Waals surface area contributed by atoms with Crippen LogP contribution in [-0.4, -0.2) is 21.2 Å². The van der Waals surface area contributed by atoms with Gasteiger partial charge in [0.05, 0.1) is 11.9 Å². The van der Waals surface area contributed by atoms with E-state index < -0.39 is 5.97 Å². The van der Waals surface area contributed by atoms with Crippen LogP contribution in [0.1, 0.15) is 21.9 Å². The summed E-state index contributed by atoms with van der Waals surface area (Å²) in [5.74, 6) is -0.590. The number of aromatic nitrogens is 3.